The lowest BCUT2D eigenvalue weighted by Crippen LogP contribution is -2.06. The maximum absolute atomic E-state index is 6.84. The topological polar surface area (TPSA) is 51.6 Å². The summed E-state index contributed by atoms with van der Waals surface area (Å²) in [5, 5.41) is 0. The number of rotatable bonds is 2. The number of benzene rings is 1. The monoisotopic (exact) mass is 163 g/mol. The van der Waals surface area contributed by atoms with E-state index in [1.54, 1.807) is 18.2 Å². The largest absolute Gasteiger partial charge is 0.508 e. The standard InChI is InChI=1S/C8H9N3O/c1-10-7-5-6(11-9)3-4-8(7)12-2/h3-5,11H,9H2,2H3. The maximum atomic E-state index is 6.84. The van der Waals surface area contributed by atoms with Crippen molar-refractivity contribution in [2.75, 3.05) is 12.5 Å². The van der Waals surface area contributed by atoms with Crippen molar-refractivity contribution in [3.05, 3.63) is 29.6 Å². The molecule has 0 atom stereocenters. The summed E-state index contributed by atoms with van der Waals surface area (Å²) in [4.78, 5) is 3.28. The van der Waals surface area contributed by atoms with Crippen molar-refractivity contribution in [2.24, 2.45) is 5.84 Å². The van der Waals surface area contributed by atoms with E-state index in [-0.39, 0.29) is 0 Å². The van der Waals surface area contributed by atoms with Crippen molar-refractivity contribution in [1.82, 2.24) is 0 Å². The normalized spacial score (nSPS) is 8.75. The van der Waals surface area contributed by atoms with Gasteiger partial charge in [-0.3, -0.25) is 5.84 Å². The van der Waals surface area contributed by atoms with Crippen molar-refractivity contribution in [3.63, 3.8) is 0 Å². The van der Waals surface area contributed by atoms with Crippen molar-refractivity contribution in [2.45, 2.75) is 0 Å². The van der Waals surface area contributed by atoms with Crippen molar-refractivity contribution in [1.29, 1.82) is 0 Å². The lowest BCUT2D eigenvalue weighted by molar-refractivity contribution is 0.417. The van der Waals surface area contributed by atoms with E-state index in [0.29, 0.717) is 17.1 Å². The van der Waals surface area contributed by atoms with Gasteiger partial charge in [0.2, 0.25) is 5.69 Å². The predicted octanol–water partition coefficient (Wildman–Crippen LogP) is 1.53. The third-order valence-corrected chi connectivity index (χ3v) is 1.47. The summed E-state index contributed by atoms with van der Waals surface area (Å²) < 4.78 is 4.95. The van der Waals surface area contributed by atoms with Crippen LogP contribution in [0.3, 0.4) is 0 Å². The number of methoxy groups -OCH3 is 1. The number of anilines is 1. The Morgan fingerprint density at radius 2 is 2.33 bits per heavy atom. The molecule has 1 aromatic carbocycles. The van der Waals surface area contributed by atoms with Crippen LogP contribution in [0.15, 0.2) is 18.2 Å². The highest BCUT2D eigenvalue weighted by Crippen LogP contribution is 2.29. The van der Waals surface area contributed by atoms with Gasteiger partial charge in [-0.15, -0.1) is 0 Å². The summed E-state index contributed by atoms with van der Waals surface area (Å²) in [6, 6.07) is 5.07. The Hall–Kier alpha value is -1.73. The molecule has 62 valence electrons. The number of nitrogens with one attached hydrogen (secondary N) is 1. The highest BCUT2D eigenvalue weighted by Gasteiger charge is 2.01. The number of hydrogen-bond donors (Lipinski definition) is 2. The molecule has 3 N–H and O–H groups in total. The average Bonchev–Trinajstić information content (AvgIpc) is 2.16. The van der Waals surface area contributed by atoms with E-state index < -0.39 is 0 Å². The summed E-state index contributed by atoms with van der Waals surface area (Å²) in [5.74, 6) is 5.73. The molecule has 12 heavy (non-hydrogen) atoms. The zero-order chi connectivity index (χ0) is 8.97. The van der Waals surface area contributed by atoms with E-state index in [2.05, 4.69) is 10.3 Å². The fraction of sp³-hybridized carbons (Fsp3) is 0.125. The Labute approximate surface area is 70.7 Å². The van der Waals surface area contributed by atoms with Crippen LogP contribution in [0.25, 0.3) is 4.85 Å². The molecule has 0 aliphatic heterocycles. The first-order chi connectivity index (χ1) is 5.81. The summed E-state index contributed by atoms with van der Waals surface area (Å²) in [7, 11) is 1.53. The molecule has 0 bridgehead atoms. The average molecular weight is 163 g/mol. The third kappa shape index (κ3) is 1.47. The van der Waals surface area contributed by atoms with Gasteiger partial charge < -0.3 is 10.2 Å². The molecule has 0 fully saturated rings. The van der Waals surface area contributed by atoms with Gasteiger partial charge in [0.05, 0.1) is 13.7 Å². The minimum atomic E-state index is 0.452. The molecule has 0 amide bonds. The Bertz CT molecular complexity index is 317. The first kappa shape index (κ1) is 8.37. The molecule has 0 heterocycles. The molecule has 0 saturated carbocycles. The van der Waals surface area contributed by atoms with E-state index in [4.69, 9.17) is 17.2 Å². The molecule has 0 spiro atoms. The van der Waals surface area contributed by atoms with Gasteiger partial charge in [-0.1, -0.05) is 0 Å². The Morgan fingerprint density at radius 3 is 2.83 bits per heavy atom. The lowest BCUT2D eigenvalue weighted by Gasteiger charge is -2.04. The van der Waals surface area contributed by atoms with Gasteiger partial charge in [-0.2, -0.15) is 0 Å². The first-order valence-corrected chi connectivity index (χ1v) is 3.34. The van der Waals surface area contributed by atoms with Crippen LogP contribution in [0.5, 0.6) is 5.75 Å². The highest BCUT2D eigenvalue weighted by molar-refractivity contribution is 5.65. The van der Waals surface area contributed by atoms with Gasteiger partial charge in [0, 0.05) is 5.69 Å². The van der Waals surface area contributed by atoms with Crippen molar-refractivity contribution in [3.8, 4) is 5.75 Å². The molecule has 0 aliphatic rings. The summed E-state index contributed by atoms with van der Waals surface area (Å²) in [6.45, 7) is 6.84. The number of hydrazine groups is 1. The lowest BCUT2D eigenvalue weighted by atomic mass is 10.2. The van der Waals surface area contributed by atoms with E-state index in [9.17, 15) is 0 Å². The second kappa shape index (κ2) is 3.60. The number of nitrogen functional groups attached to an aromatic ring is 1. The number of nitrogens with two attached hydrogens (primary N) is 1. The molecule has 1 rings (SSSR count). The Balaban J connectivity index is 3.13. The summed E-state index contributed by atoms with van der Waals surface area (Å²) >= 11 is 0. The van der Waals surface area contributed by atoms with E-state index in [1.807, 2.05) is 0 Å². The third-order valence-electron chi connectivity index (χ3n) is 1.47. The first-order valence-electron chi connectivity index (χ1n) is 3.34. The number of ether oxygens (including phenoxy) is 1. The fourth-order valence-corrected chi connectivity index (χ4v) is 0.867. The van der Waals surface area contributed by atoms with E-state index in [1.165, 1.54) is 7.11 Å². The molecular formula is C8H9N3O. The SMILES string of the molecule is [C-]#[N+]c1cc(NN)ccc1OC. The minimum Gasteiger partial charge on any atom is -0.508 e. The molecule has 0 saturated heterocycles. The highest BCUT2D eigenvalue weighted by atomic mass is 16.5. The van der Waals surface area contributed by atoms with Crippen LogP contribution in [-0.4, -0.2) is 7.11 Å². The van der Waals surface area contributed by atoms with Crippen LogP contribution in [0.1, 0.15) is 0 Å². The summed E-state index contributed by atoms with van der Waals surface area (Å²) in [6.07, 6.45) is 0. The number of nitrogens with zero attached hydrogens (tertiary/aromatic N) is 1. The van der Waals surface area contributed by atoms with E-state index in [0.717, 1.165) is 0 Å². The van der Waals surface area contributed by atoms with Crippen LogP contribution < -0.4 is 16.0 Å². The predicted molar refractivity (Wildman–Crippen MR) is 47.1 cm³/mol. The van der Waals surface area contributed by atoms with Crippen LogP contribution in [-0.2, 0) is 0 Å². The smallest absolute Gasteiger partial charge is 0.230 e. The van der Waals surface area contributed by atoms with Crippen LogP contribution in [0.2, 0.25) is 0 Å². The summed E-state index contributed by atoms with van der Waals surface area (Å²) in [5.41, 5.74) is 3.60. The van der Waals surface area contributed by atoms with Crippen LogP contribution in [0, 0.1) is 6.57 Å². The van der Waals surface area contributed by atoms with Gasteiger partial charge in [-0.05, 0) is 18.2 Å². The Morgan fingerprint density at radius 1 is 1.58 bits per heavy atom. The molecule has 4 nitrogen and oxygen atoms in total. The molecule has 4 heteroatoms. The zero-order valence-corrected chi connectivity index (χ0v) is 6.66. The second-order valence-corrected chi connectivity index (χ2v) is 2.14. The number of hydrogen-bond acceptors (Lipinski definition) is 3. The fourth-order valence-electron chi connectivity index (χ4n) is 0.867. The zero-order valence-electron chi connectivity index (χ0n) is 6.66. The Kier molecular flexibility index (Phi) is 2.51. The molecule has 0 radical (unpaired) electrons. The van der Waals surface area contributed by atoms with Gasteiger partial charge in [-0.25, -0.2) is 4.85 Å². The van der Waals surface area contributed by atoms with Gasteiger partial charge in [0.25, 0.3) is 0 Å². The van der Waals surface area contributed by atoms with Gasteiger partial charge in [0.1, 0.15) is 5.75 Å². The minimum absolute atomic E-state index is 0.452. The van der Waals surface area contributed by atoms with Crippen molar-refractivity contribution < 1.29 is 4.74 Å². The second-order valence-electron chi connectivity index (χ2n) is 2.14. The van der Waals surface area contributed by atoms with E-state index >= 15 is 0 Å². The van der Waals surface area contributed by atoms with Crippen LogP contribution in [0.4, 0.5) is 11.4 Å². The van der Waals surface area contributed by atoms with Gasteiger partial charge >= 0.3 is 0 Å². The van der Waals surface area contributed by atoms with Crippen LogP contribution >= 0.6 is 0 Å². The van der Waals surface area contributed by atoms with Gasteiger partial charge in [0.15, 0.2) is 0 Å². The molecular weight excluding hydrogens is 154 g/mol. The molecule has 0 aliphatic carbocycles. The van der Waals surface area contributed by atoms with Crippen molar-refractivity contribution >= 4 is 11.4 Å². The quantitative estimate of drug-likeness (QED) is 0.395. The molecule has 0 aromatic heterocycles. The maximum Gasteiger partial charge on any atom is 0.230 e. The molecule has 0 unspecified atom stereocenters. The molecule has 1 aromatic rings.